The minimum Gasteiger partial charge on any atom is -0.389 e. The second-order valence-corrected chi connectivity index (χ2v) is 15.5. The zero-order chi connectivity index (χ0) is 29.0. The summed E-state index contributed by atoms with van der Waals surface area (Å²) >= 11 is 6.27. The van der Waals surface area contributed by atoms with Gasteiger partial charge >= 0.3 is 0 Å². The zero-order valence-corrected chi connectivity index (χ0v) is 23.7. The van der Waals surface area contributed by atoms with Gasteiger partial charge in [-0.3, -0.25) is 4.79 Å². The summed E-state index contributed by atoms with van der Waals surface area (Å²) in [5.74, 6) is -4.16. The monoisotopic (exact) mass is 618 g/mol. The summed E-state index contributed by atoms with van der Waals surface area (Å²) in [5.41, 5.74) is -1.71. The smallest absolute Gasteiger partial charge is 0.255 e. The van der Waals surface area contributed by atoms with E-state index < -0.39 is 66.2 Å². The van der Waals surface area contributed by atoms with E-state index in [1.807, 2.05) is 0 Å². The number of rotatable bonds is 7. The summed E-state index contributed by atoms with van der Waals surface area (Å²) in [7, 11) is -7.59. The lowest BCUT2D eigenvalue weighted by molar-refractivity contribution is -0.144. The van der Waals surface area contributed by atoms with Crippen LogP contribution < -0.4 is 5.32 Å². The van der Waals surface area contributed by atoms with Crippen molar-refractivity contribution in [3.63, 3.8) is 0 Å². The first-order valence-electron chi connectivity index (χ1n) is 12.9. The summed E-state index contributed by atoms with van der Waals surface area (Å²) in [4.78, 5) is 12.5. The van der Waals surface area contributed by atoms with Crippen molar-refractivity contribution in [3.8, 4) is 0 Å². The van der Waals surface area contributed by atoms with Crippen molar-refractivity contribution >= 4 is 43.1 Å². The number of hydrogen-bond donors (Lipinski definition) is 3. The Morgan fingerprint density at radius 3 is 2.40 bits per heavy atom. The molecule has 1 aliphatic heterocycles. The number of aliphatic hydroxyl groups excluding tert-OH is 1. The predicted molar refractivity (Wildman–Crippen MR) is 143 cm³/mol. The normalized spacial score (nSPS) is 28.9. The van der Waals surface area contributed by atoms with E-state index in [0.29, 0.717) is 19.3 Å². The molecule has 5 rings (SSSR count). The van der Waals surface area contributed by atoms with E-state index in [2.05, 4.69) is 5.32 Å². The number of carbonyl (C=O) groups is 1. The number of sulfonamides is 1. The number of hydrogen-bond acceptors (Lipinski definition) is 7. The predicted octanol–water partition coefficient (Wildman–Crippen LogP) is 2.96. The van der Waals surface area contributed by atoms with Gasteiger partial charge in [0.15, 0.2) is 21.5 Å². The number of carbonyl (C=O) groups excluding carboxylic acids is 1. The summed E-state index contributed by atoms with van der Waals surface area (Å²) in [6, 6.07) is 6.51. The average Bonchev–Trinajstić information content (AvgIpc) is 3.27. The number of halogens is 3. The van der Waals surface area contributed by atoms with Crippen molar-refractivity contribution < 1.29 is 40.6 Å². The second kappa shape index (κ2) is 10.6. The highest BCUT2D eigenvalue weighted by Crippen LogP contribution is 2.53. The van der Waals surface area contributed by atoms with Gasteiger partial charge in [0.05, 0.1) is 32.6 Å². The third-order valence-electron chi connectivity index (χ3n) is 8.50. The fourth-order valence-electron chi connectivity index (χ4n) is 6.39. The van der Waals surface area contributed by atoms with Gasteiger partial charge in [-0.05, 0) is 74.3 Å². The molecule has 0 spiro atoms. The van der Waals surface area contributed by atoms with Crippen LogP contribution in [0, 0.1) is 23.5 Å². The average molecular weight is 619 g/mol. The van der Waals surface area contributed by atoms with Crippen LogP contribution in [0.25, 0.3) is 0 Å². The Labute approximate surface area is 236 Å². The number of nitrogens with zero attached hydrogens (tertiary/aromatic N) is 1. The summed E-state index contributed by atoms with van der Waals surface area (Å²) in [6.07, 6.45) is 0.0808. The fraction of sp³-hybridized carbons (Fsp3) is 0.500. The van der Waals surface area contributed by atoms with E-state index in [1.54, 1.807) is 0 Å². The van der Waals surface area contributed by atoms with E-state index in [9.17, 15) is 40.6 Å². The van der Waals surface area contributed by atoms with Crippen LogP contribution in [0.15, 0.2) is 41.3 Å². The maximum Gasteiger partial charge on any atom is 0.255 e. The molecule has 0 aromatic heterocycles. The Bertz CT molecular complexity index is 1540. The Morgan fingerprint density at radius 2 is 1.80 bits per heavy atom. The summed E-state index contributed by atoms with van der Waals surface area (Å²) in [5, 5.41) is 23.9. The maximum atomic E-state index is 13.7. The SMILES string of the molecule is O=C(Nc1ccc(F)c(F)c1)c1ccc(Cl)c(S(=O)(=O)[C@H]2CC3CC[C@@H](C2)[C@@]3(O)C(O)CN2CCCS2(=O)=O)c1. The molecule has 1 amide bonds. The molecule has 3 aliphatic rings. The number of β-amino-alcohol motifs (C(OH)–C–C–N with tert-alkyl or cyclic N) is 1. The van der Waals surface area contributed by atoms with Gasteiger partial charge in [0, 0.05) is 30.4 Å². The molecule has 3 fully saturated rings. The Kier molecular flexibility index (Phi) is 7.77. The highest BCUT2D eigenvalue weighted by atomic mass is 35.5. The molecule has 2 aliphatic carbocycles. The molecule has 2 unspecified atom stereocenters. The van der Waals surface area contributed by atoms with Crippen LogP contribution in [0.3, 0.4) is 0 Å². The number of aliphatic hydroxyl groups is 2. The third-order valence-corrected chi connectivity index (χ3v) is 13.1. The van der Waals surface area contributed by atoms with Gasteiger partial charge in [0.2, 0.25) is 10.0 Å². The van der Waals surface area contributed by atoms with Gasteiger partial charge in [0.1, 0.15) is 0 Å². The van der Waals surface area contributed by atoms with Crippen LogP contribution in [-0.2, 0) is 19.9 Å². The van der Waals surface area contributed by atoms with Crippen molar-refractivity contribution in [2.45, 2.75) is 54.0 Å². The first kappa shape index (κ1) is 29.3. The largest absolute Gasteiger partial charge is 0.389 e. The van der Waals surface area contributed by atoms with E-state index in [0.717, 1.165) is 24.3 Å². The minimum absolute atomic E-state index is 0.00996. The molecule has 14 heteroatoms. The van der Waals surface area contributed by atoms with E-state index in [1.165, 1.54) is 16.4 Å². The van der Waals surface area contributed by atoms with Gasteiger partial charge in [-0.2, -0.15) is 4.31 Å². The van der Waals surface area contributed by atoms with Crippen LogP contribution in [0.2, 0.25) is 5.02 Å². The molecule has 218 valence electrons. The molecule has 5 atom stereocenters. The Balaban J connectivity index is 1.35. The minimum atomic E-state index is -4.10. The third kappa shape index (κ3) is 5.16. The van der Waals surface area contributed by atoms with Gasteiger partial charge in [-0.15, -0.1) is 0 Å². The molecule has 1 heterocycles. The van der Waals surface area contributed by atoms with Crippen molar-refractivity contribution in [1.29, 1.82) is 0 Å². The van der Waals surface area contributed by atoms with Crippen LogP contribution >= 0.6 is 11.6 Å². The van der Waals surface area contributed by atoms with Gasteiger partial charge in [-0.25, -0.2) is 25.6 Å². The molecule has 2 bridgehead atoms. The number of benzene rings is 2. The number of fused-ring (bicyclic) bond motifs is 2. The highest BCUT2D eigenvalue weighted by molar-refractivity contribution is 7.92. The lowest BCUT2D eigenvalue weighted by Gasteiger charge is -2.45. The van der Waals surface area contributed by atoms with E-state index in [4.69, 9.17) is 11.6 Å². The molecular formula is C26H29ClF2N2O7S2. The van der Waals surface area contributed by atoms with Crippen LogP contribution in [0.5, 0.6) is 0 Å². The highest BCUT2D eigenvalue weighted by Gasteiger charge is 2.59. The molecule has 2 saturated carbocycles. The number of amides is 1. The quantitative estimate of drug-likeness (QED) is 0.433. The standard InChI is InChI=1S/C26H29ClF2N2O7S2/c27-20-6-2-15(25(33)30-18-5-7-21(28)22(29)13-18)10-23(20)40(37,38)19-11-16-3-4-17(12-19)26(16,34)24(32)14-31-8-1-9-39(31,35)36/h2,5-7,10,13,16-17,19,24,32,34H,1,3-4,8-9,11-12,14H2,(H,30,33)/t16-,17?,19+,24?,26-/m0/s1. The lowest BCUT2D eigenvalue weighted by atomic mass is 9.71. The molecule has 9 nitrogen and oxygen atoms in total. The second-order valence-electron chi connectivity index (χ2n) is 10.8. The number of sulfone groups is 1. The molecule has 2 aromatic carbocycles. The van der Waals surface area contributed by atoms with Crippen molar-refractivity contribution in [2.75, 3.05) is 24.2 Å². The van der Waals surface area contributed by atoms with Crippen molar-refractivity contribution in [1.82, 2.24) is 4.31 Å². The number of nitrogens with one attached hydrogen (secondary N) is 1. The van der Waals surface area contributed by atoms with Gasteiger partial charge in [0.25, 0.3) is 5.91 Å². The Hall–Kier alpha value is -2.16. The molecular weight excluding hydrogens is 590 g/mol. The molecule has 2 aromatic rings. The van der Waals surface area contributed by atoms with Crippen LogP contribution in [0.4, 0.5) is 14.5 Å². The number of anilines is 1. The van der Waals surface area contributed by atoms with E-state index in [-0.39, 0.29) is 52.9 Å². The molecule has 3 N–H and O–H groups in total. The lowest BCUT2D eigenvalue weighted by Crippen LogP contribution is -2.58. The van der Waals surface area contributed by atoms with Gasteiger partial charge in [-0.1, -0.05) is 11.6 Å². The van der Waals surface area contributed by atoms with E-state index >= 15 is 0 Å². The maximum absolute atomic E-state index is 13.7. The fourth-order valence-corrected chi connectivity index (χ4v) is 10.3. The van der Waals surface area contributed by atoms with Gasteiger partial charge < -0.3 is 15.5 Å². The Morgan fingerprint density at radius 1 is 1.12 bits per heavy atom. The first-order chi connectivity index (χ1) is 18.7. The van der Waals surface area contributed by atoms with Crippen LogP contribution in [-0.4, -0.2) is 73.1 Å². The van der Waals surface area contributed by atoms with Crippen LogP contribution in [0.1, 0.15) is 42.5 Å². The zero-order valence-electron chi connectivity index (χ0n) is 21.3. The molecule has 40 heavy (non-hydrogen) atoms. The van der Waals surface area contributed by atoms with Crippen molar-refractivity contribution in [3.05, 3.63) is 58.6 Å². The van der Waals surface area contributed by atoms with Crippen molar-refractivity contribution in [2.24, 2.45) is 11.8 Å². The topological polar surface area (TPSA) is 141 Å². The first-order valence-corrected chi connectivity index (χ1v) is 16.4. The summed E-state index contributed by atoms with van der Waals surface area (Å²) in [6.45, 7) is 0.0184. The molecule has 0 radical (unpaired) electrons. The summed E-state index contributed by atoms with van der Waals surface area (Å²) < 4.78 is 79.9. The molecule has 1 saturated heterocycles.